The molecule has 3 atom stereocenters. The molecular weight excluding hydrogens is 460 g/mol. The van der Waals surface area contributed by atoms with Gasteiger partial charge in [-0.15, -0.1) is 0 Å². The van der Waals surface area contributed by atoms with Crippen molar-refractivity contribution in [3.8, 4) is 0 Å². The van der Waals surface area contributed by atoms with E-state index < -0.39 is 26.0 Å². The summed E-state index contributed by atoms with van der Waals surface area (Å²) < 4.78 is 17.8. The minimum absolute atomic E-state index is 0.107. The van der Waals surface area contributed by atoms with E-state index in [1.54, 1.807) is 0 Å². The van der Waals surface area contributed by atoms with Gasteiger partial charge in [-0.25, -0.2) is 4.79 Å². The molecule has 1 saturated carbocycles. The van der Waals surface area contributed by atoms with Crippen molar-refractivity contribution in [2.45, 2.75) is 38.0 Å². The van der Waals surface area contributed by atoms with Gasteiger partial charge in [-0.3, -0.25) is 10.1 Å². The van der Waals surface area contributed by atoms with Gasteiger partial charge in [0.25, 0.3) is 14.2 Å². The minimum atomic E-state index is -2.64. The number of hydrogen-bond donors (Lipinski definition) is 2. The van der Waals surface area contributed by atoms with Gasteiger partial charge in [0.05, 0.1) is 20.0 Å². The fourth-order valence-corrected chi connectivity index (χ4v) is 9.82. The normalized spacial score (nSPS) is 23.5. The van der Waals surface area contributed by atoms with Gasteiger partial charge in [0, 0.05) is 30.9 Å². The zero-order valence-corrected chi connectivity index (χ0v) is 21.7. The number of urea groups is 1. The minimum Gasteiger partial charge on any atom is -0.504 e. The van der Waals surface area contributed by atoms with Crippen molar-refractivity contribution in [2.24, 2.45) is 11.8 Å². The van der Waals surface area contributed by atoms with E-state index in [0.717, 1.165) is 6.08 Å². The van der Waals surface area contributed by atoms with Crippen LogP contribution in [-0.4, -0.2) is 46.3 Å². The fraction of sp³-hybridized carbons (Fsp3) is 0.407. The molecule has 7 nitrogen and oxygen atoms in total. The summed E-state index contributed by atoms with van der Waals surface area (Å²) in [7, 11) is -1.21. The van der Waals surface area contributed by atoms with Gasteiger partial charge in [0.2, 0.25) is 0 Å². The van der Waals surface area contributed by atoms with Crippen molar-refractivity contribution in [1.82, 2.24) is 10.6 Å². The predicted molar refractivity (Wildman–Crippen MR) is 137 cm³/mol. The quantitative estimate of drug-likeness (QED) is 0.335. The monoisotopic (exact) mass is 494 g/mol. The highest BCUT2D eigenvalue weighted by Crippen LogP contribution is 2.55. The summed E-state index contributed by atoms with van der Waals surface area (Å²) in [5.74, 6) is -0.250. The fourth-order valence-electron chi connectivity index (χ4n) is 5.20. The maximum Gasteiger partial charge on any atom is 0.323 e. The highest BCUT2D eigenvalue weighted by atomic mass is 28.4. The summed E-state index contributed by atoms with van der Waals surface area (Å²) in [6, 6.07) is 20.5. The number of nitrogens with one attached hydrogen (secondary N) is 2. The maximum absolute atomic E-state index is 12.3. The van der Waals surface area contributed by atoms with Crippen LogP contribution >= 0.6 is 0 Å². The zero-order valence-electron chi connectivity index (χ0n) is 20.7. The van der Waals surface area contributed by atoms with Crippen molar-refractivity contribution in [3.05, 3.63) is 73.0 Å². The van der Waals surface area contributed by atoms with E-state index in [-0.39, 0.29) is 16.9 Å². The molecule has 2 N–H and O–H groups in total. The molecule has 186 valence electrons. The van der Waals surface area contributed by atoms with Crippen LogP contribution in [0.5, 0.6) is 0 Å². The third kappa shape index (κ3) is 5.05. The van der Waals surface area contributed by atoms with Gasteiger partial charge in [0.1, 0.15) is 5.72 Å². The smallest absolute Gasteiger partial charge is 0.323 e. The highest BCUT2D eigenvalue weighted by Gasteiger charge is 2.65. The Labute approximate surface area is 208 Å². The van der Waals surface area contributed by atoms with Gasteiger partial charge in [-0.2, -0.15) is 0 Å². The molecule has 2 fully saturated rings. The standard InChI is InChI=1S/C27H34N2O5Si/c1-26(2,3)35(21-11-7-5-8-12-21,22-13-9-6-10-14-22)34-19-20-18-33-27(17-23(20)27)29-25(31)28-24(30)15-16-32-4/h5-16,20,23H,17-19H2,1-4H3,(H2,28,29,30,31)/b16-15+/t20-,23-,27-/m1/s1. The summed E-state index contributed by atoms with van der Waals surface area (Å²) in [6.07, 6.45) is 3.07. The molecule has 1 aliphatic heterocycles. The molecule has 1 heterocycles. The lowest BCUT2D eigenvalue weighted by Gasteiger charge is -2.43. The number of carbonyl (C=O) groups excluding carboxylic acids is 2. The molecular formula is C27H34N2O5Si. The zero-order chi connectivity index (χ0) is 25.1. The summed E-state index contributed by atoms with van der Waals surface area (Å²) in [4.78, 5) is 24.1. The van der Waals surface area contributed by atoms with E-state index in [1.165, 1.54) is 23.7 Å². The van der Waals surface area contributed by atoms with Crippen LogP contribution in [0, 0.1) is 11.8 Å². The molecule has 2 aromatic carbocycles. The van der Waals surface area contributed by atoms with Crippen LogP contribution in [0.15, 0.2) is 73.0 Å². The van der Waals surface area contributed by atoms with Crippen molar-refractivity contribution in [2.75, 3.05) is 20.3 Å². The first-order valence-electron chi connectivity index (χ1n) is 11.9. The number of amides is 3. The molecule has 3 amide bonds. The van der Waals surface area contributed by atoms with Gasteiger partial charge < -0.3 is 19.2 Å². The Morgan fingerprint density at radius 2 is 1.69 bits per heavy atom. The van der Waals surface area contributed by atoms with Crippen LogP contribution < -0.4 is 21.0 Å². The molecule has 4 rings (SSSR count). The van der Waals surface area contributed by atoms with E-state index >= 15 is 0 Å². The number of benzene rings is 2. The summed E-state index contributed by atoms with van der Waals surface area (Å²) in [5.41, 5.74) is -0.727. The highest BCUT2D eigenvalue weighted by molar-refractivity contribution is 6.99. The number of ether oxygens (including phenoxy) is 2. The number of fused-ring (bicyclic) bond motifs is 1. The second kappa shape index (κ2) is 9.97. The van der Waals surface area contributed by atoms with E-state index in [1.807, 2.05) is 12.1 Å². The molecule has 1 saturated heterocycles. The van der Waals surface area contributed by atoms with Gasteiger partial charge in [-0.1, -0.05) is 81.4 Å². The summed E-state index contributed by atoms with van der Waals surface area (Å²) in [5, 5.41) is 7.48. The van der Waals surface area contributed by atoms with E-state index in [0.29, 0.717) is 19.6 Å². The van der Waals surface area contributed by atoms with E-state index in [4.69, 9.17) is 13.9 Å². The number of methoxy groups -OCH3 is 1. The average molecular weight is 495 g/mol. The Hall–Kier alpha value is -2.94. The third-order valence-corrected chi connectivity index (χ3v) is 11.9. The molecule has 0 aromatic heterocycles. The van der Waals surface area contributed by atoms with Crippen LogP contribution in [0.4, 0.5) is 4.79 Å². The lowest BCUT2D eigenvalue weighted by Crippen LogP contribution is -2.67. The second-order valence-electron chi connectivity index (χ2n) is 10.2. The molecule has 35 heavy (non-hydrogen) atoms. The lowest BCUT2D eigenvalue weighted by atomic mass is 10.1. The predicted octanol–water partition coefficient (Wildman–Crippen LogP) is 2.91. The van der Waals surface area contributed by atoms with Crippen LogP contribution in [-0.2, 0) is 18.7 Å². The number of hydrogen-bond acceptors (Lipinski definition) is 5. The van der Waals surface area contributed by atoms with Crippen LogP contribution in [0.2, 0.25) is 5.04 Å². The second-order valence-corrected chi connectivity index (χ2v) is 14.5. The number of carbonyl (C=O) groups is 2. The Bertz CT molecular complexity index is 1030. The first-order valence-corrected chi connectivity index (χ1v) is 13.8. The number of imide groups is 1. The number of rotatable bonds is 8. The largest absolute Gasteiger partial charge is 0.504 e. The maximum atomic E-state index is 12.3. The molecule has 0 spiro atoms. The Morgan fingerprint density at radius 3 is 2.20 bits per heavy atom. The topological polar surface area (TPSA) is 85.9 Å². The summed E-state index contributed by atoms with van der Waals surface area (Å²) >= 11 is 0. The molecule has 0 bridgehead atoms. The van der Waals surface area contributed by atoms with E-state index in [9.17, 15) is 9.59 Å². The molecule has 0 radical (unpaired) electrons. The molecule has 0 unspecified atom stereocenters. The van der Waals surface area contributed by atoms with Crippen LogP contribution in [0.3, 0.4) is 0 Å². The molecule has 2 aliphatic rings. The lowest BCUT2D eigenvalue weighted by molar-refractivity contribution is -0.115. The first-order chi connectivity index (χ1) is 16.7. The van der Waals surface area contributed by atoms with Crippen LogP contribution in [0.1, 0.15) is 27.2 Å². The molecule has 8 heteroatoms. The Morgan fingerprint density at radius 1 is 1.09 bits per heavy atom. The van der Waals surface area contributed by atoms with Gasteiger partial charge in [-0.05, 0) is 15.4 Å². The van der Waals surface area contributed by atoms with Crippen molar-refractivity contribution >= 4 is 30.6 Å². The Balaban J connectivity index is 1.49. The van der Waals surface area contributed by atoms with E-state index in [2.05, 4.69) is 79.9 Å². The van der Waals surface area contributed by atoms with Gasteiger partial charge >= 0.3 is 6.03 Å². The molecule has 1 aliphatic carbocycles. The first kappa shape index (κ1) is 25.2. The average Bonchev–Trinajstić information content (AvgIpc) is 3.43. The SMILES string of the molecule is CO/C=C/C(=O)NC(=O)N[C@@]12C[C@@H]1[C@@H](CO[Si](c1ccccc1)(c1ccccc1)C(C)(C)C)CO2. The van der Waals surface area contributed by atoms with Crippen LogP contribution in [0.25, 0.3) is 0 Å². The summed E-state index contributed by atoms with van der Waals surface area (Å²) in [6.45, 7) is 7.81. The van der Waals surface area contributed by atoms with Crippen molar-refractivity contribution in [1.29, 1.82) is 0 Å². The van der Waals surface area contributed by atoms with Gasteiger partial charge in [0.15, 0.2) is 0 Å². The van der Waals surface area contributed by atoms with Crippen molar-refractivity contribution in [3.63, 3.8) is 0 Å². The molecule has 2 aromatic rings. The Kier molecular flexibility index (Phi) is 7.16. The van der Waals surface area contributed by atoms with Crippen molar-refractivity contribution < 1.29 is 23.5 Å². The third-order valence-electron chi connectivity index (χ3n) is 6.93.